The zero-order valence-corrected chi connectivity index (χ0v) is 12.6. The Morgan fingerprint density at radius 2 is 1.41 bits per heavy atom. The first-order chi connectivity index (χ1) is 8.02. The van der Waals surface area contributed by atoms with Crippen molar-refractivity contribution in [3.8, 4) is 0 Å². The van der Waals surface area contributed by atoms with Crippen LogP contribution in [-0.2, 0) is 0 Å². The van der Waals surface area contributed by atoms with Crippen LogP contribution in [0, 0.1) is 23.7 Å². The lowest BCUT2D eigenvalue weighted by Gasteiger charge is -2.32. The number of nitrogens with one attached hydrogen (secondary N) is 1. The van der Waals surface area contributed by atoms with E-state index in [2.05, 4.69) is 39.9 Å². The molecule has 1 atom stereocenters. The van der Waals surface area contributed by atoms with Gasteiger partial charge in [0.15, 0.2) is 0 Å². The predicted molar refractivity (Wildman–Crippen MR) is 77.2 cm³/mol. The molecule has 1 nitrogen and oxygen atoms in total. The van der Waals surface area contributed by atoms with Gasteiger partial charge in [-0.05, 0) is 50.0 Å². The summed E-state index contributed by atoms with van der Waals surface area (Å²) in [6.07, 6.45) is 7.26. The average molecular weight is 239 g/mol. The second kappa shape index (κ2) is 7.41. The van der Waals surface area contributed by atoms with Crippen LogP contribution in [0.1, 0.15) is 66.7 Å². The molecule has 1 unspecified atom stereocenters. The van der Waals surface area contributed by atoms with Crippen molar-refractivity contribution in [2.45, 2.75) is 72.8 Å². The third-order valence-corrected chi connectivity index (χ3v) is 4.75. The SMILES string of the molecule is CC(C)C(CNC(C)C1CCCCC1)C(C)C. The molecule has 0 aromatic heterocycles. The van der Waals surface area contributed by atoms with E-state index in [0.29, 0.717) is 0 Å². The van der Waals surface area contributed by atoms with E-state index in [0.717, 1.165) is 29.7 Å². The van der Waals surface area contributed by atoms with Gasteiger partial charge in [-0.25, -0.2) is 0 Å². The topological polar surface area (TPSA) is 12.0 Å². The van der Waals surface area contributed by atoms with Crippen molar-refractivity contribution in [1.29, 1.82) is 0 Å². The van der Waals surface area contributed by atoms with Crippen molar-refractivity contribution >= 4 is 0 Å². The summed E-state index contributed by atoms with van der Waals surface area (Å²) in [7, 11) is 0. The summed E-state index contributed by atoms with van der Waals surface area (Å²) < 4.78 is 0. The maximum absolute atomic E-state index is 3.82. The Kier molecular flexibility index (Phi) is 6.54. The normalized spacial score (nSPS) is 20.5. The van der Waals surface area contributed by atoms with Gasteiger partial charge in [0.1, 0.15) is 0 Å². The summed E-state index contributed by atoms with van der Waals surface area (Å²) >= 11 is 0. The molecule has 1 N–H and O–H groups in total. The van der Waals surface area contributed by atoms with E-state index in [1.807, 2.05) is 0 Å². The number of hydrogen-bond donors (Lipinski definition) is 1. The molecule has 1 rings (SSSR count). The Morgan fingerprint density at radius 3 is 1.88 bits per heavy atom. The minimum Gasteiger partial charge on any atom is -0.314 e. The standard InChI is InChI=1S/C16H33N/c1-12(2)16(13(3)4)11-17-14(5)15-9-7-6-8-10-15/h12-17H,6-11H2,1-5H3. The molecular weight excluding hydrogens is 206 g/mol. The van der Waals surface area contributed by atoms with E-state index in [9.17, 15) is 0 Å². The Morgan fingerprint density at radius 1 is 0.882 bits per heavy atom. The van der Waals surface area contributed by atoms with E-state index in [-0.39, 0.29) is 0 Å². The van der Waals surface area contributed by atoms with Crippen LogP contribution in [0.4, 0.5) is 0 Å². The molecule has 0 spiro atoms. The molecule has 0 aromatic rings. The molecular formula is C16H33N. The molecule has 1 fully saturated rings. The Labute approximate surface area is 109 Å². The summed E-state index contributed by atoms with van der Waals surface area (Å²) in [6, 6.07) is 0.718. The molecule has 17 heavy (non-hydrogen) atoms. The fraction of sp³-hybridized carbons (Fsp3) is 1.00. The van der Waals surface area contributed by atoms with Crippen molar-refractivity contribution in [1.82, 2.24) is 5.32 Å². The van der Waals surface area contributed by atoms with Gasteiger partial charge in [-0.3, -0.25) is 0 Å². The first-order valence-corrected chi connectivity index (χ1v) is 7.75. The summed E-state index contributed by atoms with van der Waals surface area (Å²) in [4.78, 5) is 0. The van der Waals surface area contributed by atoms with Gasteiger partial charge in [0.25, 0.3) is 0 Å². The maximum atomic E-state index is 3.82. The van der Waals surface area contributed by atoms with Crippen LogP contribution in [0.15, 0.2) is 0 Å². The van der Waals surface area contributed by atoms with E-state index >= 15 is 0 Å². The summed E-state index contributed by atoms with van der Waals surface area (Å²) in [5.41, 5.74) is 0. The number of hydrogen-bond acceptors (Lipinski definition) is 1. The average Bonchev–Trinajstić information content (AvgIpc) is 2.29. The van der Waals surface area contributed by atoms with Crippen molar-refractivity contribution in [3.05, 3.63) is 0 Å². The summed E-state index contributed by atoms with van der Waals surface area (Å²) in [5.74, 6) is 3.34. The quantitative estimate of drug-likeness (QED) is 0.721. The molecule has 0 radical (unpaired) electrons. The van der Waals surface area contributed by atoms with Crippen molar-refractivity contribution in [2.24, 2.45) is 23.7 Å². The minimum absolute atomic E-state index is 0.718. The molecule has 0 bridgehead atoms. The fourth-order valence-corrected chi connectivity index (χ4v) is 3.36. The van der Waals surface area contributed by atoms with Crippen molar-refractivity contribution < 1.29 is 0 Å². The minimum atomic E-state index is 0.718. The zero-order valence-electron chi connectivity index (χ0n) is 12.6. The lowest BCUT2D eigenvalue weighted by Crippen LogP contribution is -2.39. The molecule has 0 aliphatic heterocycles. The smallest absolute Gasteiger partial charge is 0.00671 e. The molecule has 1 saturated carbocycles. The highest BCUT2D eigenvalue weighted by atomic mass is 14.9. The van der Waals surface area contributed by atoms with Gasteiger partial charge in [-0.15, -0.1) is 0 Å². The third kappa shape index (κ3) is 4.99. The van der Waals surface area contributed by atoms with Crippen LogP contribution in [0.25, 0.3) is 0 Å². The van der Waals surface area contributed by atoms with Crippen LogP contribution < -0.4 is 5.32 Å². The second-order valence-electron chi connectivity index (χ2n) is 6.75. The lowest BCUT2D eigenvalue weighted by molar-refractivity contribution is 0.230. The van der Waals surface area contributed by atoms with Crippen molar-refractivity contribution in [3.63, 3.8) is 0 Å². The van der Waals surface area contributed by atoms with Crippen molar-refractivity contribution in [2.75, 3.05) is 6.54 Å². The molecule has 1 heteroatoms. The van der Waals surface area contributed by atoms with E-state index in [1.165, 1.54) is 38.6 Å². The molecule has 102 valence electrons. The van der Waals surface area contributed by atoms with Crippen LogP contribution >= 0.6 is 0 Å². The summed E-state index contributed by atoms with van der Waals surface area (Å²) in [6.45, 7) is 13.0. The molecule has 1 aliphatic rings. The van der Waals surface area contributed by atoms with Gasteiger partial charge in [-0.1, -0.05) is 47.0 Å². The number of rotatable bonds is 6. The Balaban J connectivity index is 2.32. The second-order valence-corrected chi connectivity index (χ2v) is 6.75. The molecule has 0 amide bonds. The van der Waals surface area contributed by atoms with Crippen LogP contribution in [-0.4, -0.2) is 12.6 Å². The Bertz CT molecular complexity index is 184. The van der Waals surface area contributed by atoms with Gasteiger partial charge in [0.05, 0.1) is 0 Å². The molecule has 0 heterocycles. The Hall–Kier alpha value is -0.0400. The first kappa shape index (κ1) is 15.0. The van der Waals surface area contributed by atoms with Gasteiger partial charge >= 0.3 is 0 Å². The predicted octanol–water partition coefficient (Wildman–Crippen LogP) is 4.47. The first-order valence-electron chi connectivity index (χ1n) is 7.75. The zero-order chi connectivity index (χ0) is 12.8. The summed E-state index contributed by atoms with van der Waals surface area (Å²) in [5, 5.41) is 3.82. The van der Waals surface area contributed by atoms with Gasteiger partial charge in [0.2, 0.25) is 0 Å². The van der Waals surface area contributed by atoms with Gasteiger partial charge in [0, 0.05) is 6.04 Å². The van der Waals surface area contributed by atoms with Crippen LogP contribution in [0.3, 0.4) is 0 Å². The van der Waals surface area contributed by atoms with Gasteiger partial charge in [-0.2, -0.15) is 0 Å². The van der Waals surface area contributed by atoms with E-state index in [1.54, 1.807) is 0 Å². The third-order valence-electron chi connectivity index (χ3n) is 4.75. The maximum Gasteiger partial charge on any atom is 0.00671 e. The highest BCUT2D eigenvalue weighted by Crippen LogP contribution is 2.27. The van der Waals surface area contributed by atoms with E-state index in [4.69, 9.17) is 0 Å². The largest absolute Gasteiger partial charge is 0.314 e. The van der Waals surface area contributed by atoms with Crippen LogP contribution in [0.5, 0.6) is 0 Å². The highest BCUT2D eigenvalue weighted by molar-refractivity contribution is 4.78. The monoisotopic (exact) mass is 239 g/mol. The van der Waals surface area contributed by atoms with E-state index < -0.39 is 0 Å². The van der Waals surface area contributed by atoms with Crippen LogP contribution in [0.2, 0.25) is 0 Å². The lowest BCUT2D eigenvalue weighted by atomic mass is 9.82. The molecule has 0 saturated heterocycles. The molecule has 1 aliphatic carbocycles. The molecule has 0 aromatic carbocycles. The van der Waals surface area contributed by atoms with Gasteiger partial charge < -0.3 is 5.32 Å². The fourth-order valence-electron chi connectivity index (χ4n) is 3.36. The highest BCUT2D eigenvalue weighted by Gasteiger charge is 2.22.